The molecule has 0 spiro atoms. The first-order chi connectivity index (χ1) is 26.9. The molecule has 1 saturated heterocycles. The number of carboxylic acids is 2. The Labute approximate surface area is 335 Å². The number of carboxylic acid groups (broad SMARTS) is 2. The number of ketones is 2. The van der Waals surface area contributed by atoms with Crippen molar-refractivity contribution in [2.45, 2.75) is 88.6 Å². The monoisotopic (exact) mass is 814 g/mol. The van der Waals surface area contributed by atoms with Gasteiger partial charge in [-0.3, -0.25) is 14.4 Å². The predicted molar refractivity (Wildman–Crippen MR) is 208 cm³/mol. The van der Waals surface area contributed by atoms with Crippen molar-refractivity contribution in [1.82, 2.24) is 9.80 Å². The number of hydrogen-bond acceptors (Lipinski definition) is 8. The number of aliphatic carboxylic acids is 2. The third-order valence-electron chi connectivity index (χ3n) is 11.1. The van der Waals surface area contributed by atoms with Gasteiger partial charge < -0.3 is 35.7 Å². The number of alkyl halides is 3. The predicted octanol–water partition coefficient (Wildman–Crippen LogP) is 5.34. The van der Waals surface area contributed by atoms with Crippen LogP contribution in [-0.2, 0) is 27.0 Å². The number of piperidine rings is 1. The molecular formula is C43H53F3N2O10. The van der Waals surface area contributed by atoms with Crippen molar-refractivity contribution < 1.29 is 63.0 Å². The number of nitrogens with zero attached hydrogens (tertiary/aromatic N) is 2. The maximum absolute atomic E-state index is 12.8. The summed E-state index contributed by atoms with van der Waals surface area (Å²) in [5, 5.41) is 39.9. The Morgan fingerprint density at radius 1 is 0.724 bits per heavy atom. The van der Waals surface area contributed by atoms with E-state index in [0.29, 0.717) is 11.8 Å². The van der Waals surface area contributed by atoms with E-state index in [4.69, 9.17) is 0 Å². The fourth-order valence-electron chi connectivity index (χ4n) is 7.63. The lowest BCUT2D eigenvalue weighted by atomic mass is 9.73. The highest BCUT2D eigenvalue weighted by atomic mass is 19.4. The number of aliphatic hydroxyl groups is 2. The molecule has 5 rings (SSSR count). The molecule has 3 unspecified atom stereocenters. The van der Waals surface area contributed by atoms with Crippen LogP contribution in [0.5, 0.6) is 0 Å². The summed E-state index contributed by atoms with van der Waals surface area (Å²) in [6.45, 7) is 7.94. The Bertz CT molecular complexity index is 1760. The zero-order valence-electron chi connectivity index (χ0n) is 32.7. The first-order valence-electron chi connectivity index (χ1n) is 19.2. The molecule has 1 heterocycles. The highest BCUT2D eigenvalue weighted by molar-refractivity contribution is 6.28. The Balaban J connectivity index is 0.000000310. The van der Waals surface area contributed by atoms with Crippen LogP contribution in [-0.4, -0.2) is 109 Å². The minimum atomic E-state index is -4.28. The van der Waals surface area contributed by atoms with Crippen molar-refractivity contribution in [3.63, 3.8) is 0 Å². The topological polar surface area (TPSA) is 204 Å². The number of rotatable bonds is 14. The van der Waals surface area contributed by atoms with Crippen LogP contribution in [0.1, 0.15) is 90.6 Å². The molecular weight excluding hydrogens is 761 g/mol. The number of likely N-dealkylation sites (tertiary alicyclic amines) is 1. The highest BCUT2D eigenvalue weighted by Crippen LogP contribution is 2.33. The summed E-state index contributed by atoms with van der Waals surface area (Å²) in [5.74, 6) is -6.83. The van der Waals surface area contributed by atoms with Gasteiger partial charge in [-0.2, -0.15) is 13.2 Å². The molecule has 2 aliphatic rings. The largest absolute Gasteiger partial charge is 0.479 e. The second kappa shape index (κ2) is 20.6. The van der Waals surface area contributed by atoms with E-state index in [9.17, 15) is 57.6 Å². The molecule has 1 amide bonds. The Kier molecular flexibility index (Phi) is 16.9. The normalized spacial score (nSPS) is 17.7. The summed E-state index contributed by atoms with van der Waals surface area (Å²) in [6.07, 6.45) is 4.31. The smallest absolute Gasteiger partial charge is 0.416 e. The fourth-order valence-corrected chi connectivity index (χ4v) is 7.63. The van der Waals surface area contributed by atoms with Crippen LogP contribution in [0.3, 0.4) is 0 Å². The van der Waals surface area contributed by atoms with Gasteiger partial charge in [-0.15, -0.1) is 0 Å². The summed E-state index contributed by atoms with van der Waals surface area (Å²) in [5.41, 5.74) is -8.34. The number of halogens is 3. The molecule has 3 atom stereocenters. The zero-order chi connectivity index (χ0) is 42.0. The minimum absolute atomic E-state index is 0. The Hall–Kier alpha value is -4.96. The molecule has 0 aromatic heterocycles. The lowest BCUT2D eigenvalue weighted by Crippen LogP contribution is -2.71. The van der Waals surface area contributed by atoms with Gasteiger partial charge in [-0.25, -0.2) is 9.59 Å². The van der Waals surface area contributed by atoms with E-state index in [1.807, 2.05) is 0 Å². The van der Waals surface area contributed by atoms with Crippen molar-refractivity contribution in [3.05, 3.63) is 107 Å². The SMILES string of the molecule is CCN(CC1CCN(C(=O)C2CCCCC2)CC1)C(C)Cc1ccc(C(F)(F)F)cc1.O.O=C(O)C(O)(C(=O)c1ccccc1)C(O)(C(=O)O)C(=O)c1ccccc1. The lowest BCUT2D eigenvalue weighted by molar-refractivity contribution is -0.187. The number of carbonyl (C=O) groups is 5. The van der Waals surface area contributed by atoms with Crippen molar-refractivity contribution in [2.75, 3.05) is 26.2 Å². The van der Waals surface area contributed by atoms with Crippen LogP contribution in [0, 0.1) is 11.8 Å². The summed E-state index contributed by atoms with van der Waals surface area (Å²) in [7, 11) is 0. The van der Waals surface area contributed by atoms with Crippen LogP contribution in [0.4, 0.5) is 13.2 Å². The van der Waals surface area contributed by atoms with E-state index in [0.717, 1.165) is 88.1 Å². The van der Waals surface area contributed by atoms with Crippen molar-refractivity contribution >= 4 is 29.4 Å². The molecule has 15 heteroatoms. The summed E-state index contributed by atoms with van der Waals surface area (Å²) in [6, 6.07) is 18.6. The van der Waals surface area contributed by atoms with Crippen LogP contribution < -0.4 is 0 Å². The summed E-state index contributed by atoms with van der Waals surface area (Å²) >= 11 is 0. The van der Waals surface area contributed by atoms with E-state index in [1.165, 1.54) is 67.8 Å². The first-order valence-corrected chi connectivity index (χ1v) is 19.2. The van der Waals surface area contributed by atoms with Crippen LogP contribution >= 0.6 is 0 Å². The summed E-state index contributed by atoms with van der Waals surface area (Å²) < 4.78 is 38.3. The Morgan fingerprint density at radius 3 is 1.57 bits per heavy atom. The third kappa shape index (κ3) is 10.9. The van der Waals surface area contributed by atoms with Crippen LogP contribution in [0.15, 0.2) is 84.9 Å². The molecule has 12 nitrogen and oxygen atoms in total. The van der Waals surface area contributed by atoms with Gasteiger partial charge in [-0.1, -0.05) is 99.0 Å². The molecule has 1 saturated carbocycles. The number of benzene rings is 3. The van der Waals surface area contributed by atoms with Gasteiger partial charge in [0.25, 0.3) is 11.2 Å². The number of amides is 1. The van der Waals surface area contributed by atoms with Gasteiger partial charge in [0.2, 0.25) is 17.5 Å². The van der Waals surface area contributed by atoms with Gasteiger partial charge in [-0.05, 0) is 69.2 Å². The van der Waals surface area contributed by atoms with E-state index < -0.39 is 57.6 Å². The van der Waals surface area contributed by atoms with E-state index >= 15 is 0 Å². The van der Waals surface area contributed by atoms with E-state index in [-0.39, 0.29) is 17.4 Å². The van der Waals surface area contributed by atoms with E-state index in [2.05, 4.69) is 23.6 Å². The maximum Gasteiger partial charge on any atom is 0.416 e. The quantitative estimate of drug-likeness (QED) is 0.122. The zero-order valence-corrected chi connectivity index (χ0v) is 32.7. The van der Waals surface area contributed by atoms with Gasteiger partial charge in [0.1, 0.15) is 0 Å². The van der Waals surface area contributed by atoms with Crippen LogP contribution in [0.2, 0.25) is 0 Å². The molecule has 3 aromatic carbocycles. The lowest BCUT2D eigenvalue weighted by Gasteiger charge is -2.38. The number of hydrogen-bond donors (Lipinski definition) is 4. The molecule has 0 radical (unpaired) electrons. The van der Waals surface area contributed by atoms with Gasteiger partial charge in [0.05, 0.1) is 5.56 Å². The van der Waals surface area contributed by atoms with Crippen molar-refractivity contribution in [2.24, 2.45) is 11.8 Å². The highest BCUT2D eigenvalue weighted by Gasteiger charge is 2.69. The maximum atomic E-state index is 12.8. The molecule has 6 N–H and O–H groups in total. The first kappa shape index (κ1) is 47.4. The van der Waals surface area contributed by atoms with E-state index in [1.54, 1.807) is 12.1 Å². The third-order valence-corrected chi connectivity index (χ3v) is 11.1. The van der Waals surface area contributed by atoms with Gasteiger partial charge in [0, 0.05) is 42.7 Å². The number of likely N-dealkylation sites (N-methyl/N-ethyl adjacent to an activating group) is 1. The standard InChI is InChI=1S/C25H37F3N2O.C18H14O8.H2O/c1-3-29(19(2)17-20-9-11-23(12-10-20)25(26,27)28)18-21-13-15-30(16-14-21)24(31)22-7-5-4-6-8-22;19-13(11-7-3-1-4-8-11)17(25,15(21)22)18(26,16(23)24)14(20)12-9-5-2-6-10-12;/h9-12,19,21-22H,3-8,13-18H2,1-2H3;1-10,25-26H,(H,21,22)(H,23,24);1H2. The van der Waals surface area contributed by atoms with Crippen molar-refractivity contribution in [1.29, 1.82) is 0 Å². The van der Waals surface area contributed by atoms with Gasteiger partial charge in [0.15, 0.2) is 0 Å². The summed E-state index contributed by atoms with van der Waals surface area (Å²) in [4.78, 5) is 65.8. The van der Waals surface area contributed by atoms with Gasteiger partial charge >= 0.3 is 18.1 Å². The number of Topliss-reactive ketones (excluding diaryl/α,β-unsaturated/α-hetero) is 2. The fraction of sp³-hybridized carbons (Fsp3) is 0.465. The van der Waals surface area contributed by atoms with Crippen molar-refractivity contribution in [3.8, 4) is 0 Å². The molecule has 0 bridgehead atoms. The molecule has 2 fully saturated rings. The Morgan fingerprint density at radius 2 is 1.17 bits per heavy atom. The molecule has 316 valence electrons. The average Bonchev–Trinajstić information content (AvgIpc) is 3.22. The average molecular weight is 815 g/mol. The molecule has 1 aliphatic carbocycles. The number of carbonyl (C=O) groups excluding carboxylic acids is 3. The van der Waals surface area contributed by atoms with Crippen LogP contribution in [0.25, 0.3) is 0 Å². The second-order valence-corrected chi connectivity index (χ2v) is 14.9. The molecule has 3 aromatic rings. The second-order valence-electron chi connectivity index (χ2n) is 14.9. The minimum Gasteiger partial charge on any atom is -0.479 e. The molecule has 58 heavy (non-hydrogen) atoms. The molecule has 1 aliphatic heterocycles.